The molecule has 1 aliphatic rings. The maximum atomic E-state index is 12.1. The summed E-state index contributed by atoms with van der Waals surface area (Å²) < 4.78 is 10.4. The molecular formula is C17H15ClN2O4. The van der Waals surface area contributed by atoms with E-state index in [-0.39, 0.29) is 25.2 Å². The summed E-state index contributed by atoms with van der Waals surface area (Å²) in [6.07, 6.45) is 0. The Balaban J connectivity index is 1.47. The fraction of sp³-hybridized carbons (Fsp3) is 0.176. The van der Waals surface area contributed by atoms with Gasteiger partial charge in [-0.25, -0.2) is 0 Å². The summed E-state index contributed by atoms with van der Waals surface area (Å²) in [6, 6.07) is 12.0. The number of carbonyl (C=O) groups is 2. The highest BCUT2D eigenvalue weighted by atomic mass is 35.5. The molecule has 7 heteroatoms. The summed E-state index contributed by atoms with van der Waals surface area (Å²) in [7, 11) is 0. The zero-order chi connectivity index (χ0) is 16.9. The first kappa shape index (κ1) is 16.1. The highest BCUT2D eigenvalue weighted by Crippen LogP contribution is 2.32. The van der Waals surface area contributed by atoms with Crippen molar-refractivity contribution < 1.29 is 19.1 Å². The maximum Gasteiger partial charge on any atom is 0.251 e. The van der Waals surface area contributed by atoms with Gasteiger partial charge in [-0.15, -0.1) is 0 Å². The summed E-state index contributed by atoms with van der Waals surface area (Å²) in [4.78, 5) is 23.9. The van der Waals surface area contributed by atoms with Gasteiger partial charge in [-0.2, -0.15) is 0 Å². The molecule has 0 aliphatic carbocycles. The molecule has 1 aliphatic heterocycles. The van der Waals surface area contributed by atoms with Crippen molar-refractivity contribution in [1.29, 1.82) is 0 Å². The Labute approximate surface area is 143 Å². The van der Waals surface area contributed by atoms with Gasteiger partial charge >= 0.3 is 0 Å². The van der Waals surface area contributed by atoms with Crippen molar-refractivity contribution in [3.8, 4) is 11.5 Å². The van der Waals surface area contributed by atoms with Crippen LogP contribution in [0.15, 0.2) is 42.5 Å². The number of hydrogen-bond donors (Lipinski definition) is 2. The molecule has 0 spiro atoms. The Hall–Kier alpha value is -2.73. The van der Waals surface area contributed by atoms with Gasteiger partial charge in [-0.1, -0.05) is 23.7 Å². The van der Waals surface area contributed by atoms with E-state index in [1.54, 1.807) is 30.3 Å². The topological polar surface area (TPSA) is 76.7 Å². The number of rotatable bonds is 5. The van der Waals surface area contributed by atoms with Crippen molar-refractivity contribution in [3.05, 3.63) is 58.6 Å². The summed E-state index contributed by atoms with van der Waals surface area (Å²) in [5.74, 6) is 0.496. The quantitative estimate of drug-likeness (QED) is 0.869. The van der Waals surface area contributed by atoms with Crippen LogP contribution in [0.25, 0.3) is 0 Å². The molecule has 2 N–H and O–H groups in total. The number of benzene rings is 2. The van der Waals surface area contributed by atoms with E-state index in [0.29, 0.717) is 28.6 Å². The standard InChI is InChI=1S/C17H15ClN2O4/c18-13-4-1-11(2-5-13)8-19-16(21)9-20-17(22)12-3-6-14-15(7-12)24-10-23-14/h1-7H,8-10H2,(H,19,21)(H,20,22). The molecule has 0 bridgehead atoms. The number of hydrogen-bond acceptors (Lipinski definition) is 4. The lowest BCUT2D eigenvalue weighted by atomic mass is 10.2. The third-order valence-corrected chi connectivity index (χ3v) is 3.70. The van der Waals surface area contributed by atoms with Crippen LogP contribution in [-0.4, -0.2) is 25.2 Å². The van der Waals surface area contributed by atoms with Gasteiger partial charge in [0.15, 0.2) is 11.5 Å². The van der Waals surface area contributed by atoms with E-state index in [1.165, 1.54) is 0 Å². The lowest BCUT2D eigenvalue weighted by Gasteiger charge is -2.08. The molecule has 2 amide bonds. The Morgan fingerprint density at radius 1 is 1.00 bits per heavy atom. The van der Waals surface area contributed by atoms with Gasteiger partial charge in [0.1, 0.15) is 0 Å². The molecule has 0 radical (unpaired) electrons. The third-order valence-electron chi connectivity index (χ3n) is 3.45. The predicted molar refractivity (Wildman–Crippen MR) is 88.2 cm³/mol. The minimum Gasteiger partial charge on any atom is -0.454 e. The molecule has 0 unspecified atom stereocenters. The molecule has 2 aromatic carbocycles. The first-order chi connectivity index (χ1) is 11.6. The van der Waals surface area contributed by atoms with Gasteiger partial charge in [0, 0.05) is 17.1 Å². The Bertz CT molecular complexity index is 762. The van der Waals surface area contributed by atoms with Crippen molar-refractivity contribution in [2.45, 2.75) is 6.54 Å². The molecule has 124 valence electrons. The number of ether oxygens (including phenoxy) is 2. The van der Waals surface area contributed by atoms with Crippen LogP contribution in [0.1, 0.15) is 15.9 Å². The van der Waals surface area contributed by atoms with Gasteiger partial charge in [0.2, 0.25) is 12.7 Å². The van der Waals surface area contributed by atoms with E-state index in [0.717, 1.165) is 5.56 Å². The number of carbonyl (C=O) groups excluding carboxylic acids is 2. The number of amides is 2. The molecule has 0 saturated carbocycles. The zero-order valence-corrected chi connectivity index (χ0v) is 13.4. The molecule has 3 rings (SSSR count). The molecule has 6 nitrogen and oxygen atoms in total. The second kappa shape index (κ2) is 7.23. The monoisotopic (exact) mass is 346 g/mol. The third kappa shape index (κ3) is 3.97. The van der Waals surface area contributed by atoms with Crippen LogP contribution in [-0.2, 0) is 11.3 Å². The maximum absolute atomic E-state index is 12.1. The molecular weight excluding hydrogens is 332 g/mol. The second-order valence-electron chi connectivity index (χ2n) is 5.15. The Kier molecular flexibility index (Phi) is 4.86. The van der Waals surface area contributed by atoms with Crippen molar-refractivity contribution in [3.63, 3.8) is 0 Å². The van der Waals surface area contributed by atoms with E-state index in [4.69, 9.17) is 21.1 Å². The SMILES string of the molecule is O=C(CNC(=O)c1ccc2c(c1)OCO2)NCc1ccc(Cl)cc1. The molecule has 24 heavy (non-hydrogen) atoms. The molecule has 0 fully saturated rings. The first-order valence-corrected chi connectivity index (χ1v) is 7.68. The fourth-order valence-electron chi connectivity index (χ4n) is 2.17. The first-order valence-electron chi connectivity index (χ1n) is 7.31. The van der Waals surface area contributed by atoms with E-state index in [2.05, 4.69) is 10.6 Å². The Morgan fingerprint density at radius 3 is 2.54 bits per heavy atom. The molecule has 0 aromatic heterocycles. The van der Waals surface area contributed by atoms with Gasteiger partial charge in [-0.05, 0) is 35.9 Å². The van der Waals surface area contributed by atoms with Crippen LogP contribution in [0.4, 0.5) is 0 Å². The molecule has 2 aromatic rings. The molecule has 1 heterocycles. The average Bonchev–Trinajstić information content (AvgIpc) is 3.06. The average molecular weight is 347 g/mol. The lowest BCUT2D eigenvalue weighted by molar-refractivity contribution is -0.120. The zero-order valence-electron chi connectivity index (χ0n) is 12.7. The van der Waals surface area contributed by atoms with Crippen LogP contribution in [0.5, 0.6) is 11.5 Å². The molecule has 0 saturated heterocycles. The van der Waals surface area contributed by atoms with E-state index < -0.39 is 0 Å². The second-order valence-corrected chi connectivity index (χ2v) is 5.59. The fourth-order valence-corrected chi connectivity index (χ4v) is 2.29. The van der Waals surface area contributed by atoms with E-state index in [1.807, 2.05) is 12.1 Å². The van der Waals surface area contributed by atoms with Crippen LogP contribution >= 0.6 is 11.6 Å². The van der Waals surface area contributed by atoms with Gasteiger partial charge in [-0.3, -0.25) is 9.59 Å². The highest BCUT2D eigenvalue weighted by Gasteiger charge is 2.16. The van der Waals surface area contributed by atoms with Gasteiger partial charge in [0.05, 0.1) is 6.54 Å². The minimum atomic E-state index is -0.352. The van der Waals surface area contributed by atoms with Crippen molar-refractivity contribution in [1.82, 2.24) is 10.6 Å². The van der Waals surface area contributed by atoms with Crippen LogP contribution in [0.2, 0.25) is 5.02 Å². The number of nitrogens with one attached hydrogen (secondary N) is 2. The van der Waals surface area contributed by atoms with Crippen molar-refractivity contribution in [2.75, 3.05) is 13.3 Å². The lowest BCUT2D eigenvalue weighted by Crippen LogP contribution is -2.36. The van der Waals surface area contributed by atoms with Gasteiger partial charge in [0.25, 0.3) is 5.91 Å². The number of halogens is 1. The van der Waals surface area contributed by atoms with Gasteiger partial charge < -0.3 is 20.1 Å². The summed E-state index contributed by atoms with van der Waals surface area (Å²) in [6.45, 7) is 0.407. The van der Waals surface area contributed by atoms with E-state index in [9.17, 15) is 9.59 Å². The smallest absolute Gasteiger partial charge is 0.251 e. The van der Waals surface area contributed by atoms with Crippen molar-refractivity contribution in [2.24, 2.45) is 0 Å². The Morgan fingerprint density at radius 2 is 1.75 bits per heavy atom. The van der Waals surface area contributed by atoms with Crippen LogP contribution < -0.4 is 20.1 Å². The minimum absolute atomic E-state index is 0.110. The van der Waals surface area contributed by atoms with Crippen LogP contribution in [0, 0.1) is 0 Å². The van der Waals surface area contributed by atoms with Crippen LogP contribution in [0.3, 0.4) is 0 Å². The van der Waals surface area contributed by atoms with Crippen molar-refractivity contribution >= 4 is 23.4 Å². The number of fused-ring (bicyclic) bond motifs is 1. The summed E-state index contributed by atoms with van der Waals surface area (Å²) in [5.41, 5.74) is 1.33. The molecule has 0 atom stereocenters. The largest absolute Gasteiger partial charge is 0.454 e. The van der Waals surface area contributed by atoms with E-state index >= 15 is 0 Å². The summed E-state index contributed by atoms with van der Waals surface area (Å²) >= 11 is 5.80. The summed E-state index contributed by atoms with van der Waals surface area (Å²) in [5, 5.41) is 5.93. The normalized spacial score (nSPS) is 11.9. The highest BCUT2D eigenvalue weighted by molar-refractivity contribution is 6.30. The predicted octanol–water partition coefficient (Wildman–Crippen LogP) is 2.11.